The van der Waals surface area contributed by atoms with Crippen molar-refractivity contribution < 1.29 is 0 Å². The summed E-state index contributed by atoms with van der Waals surface area (Å²) in [5, 5.41) is 1.00. The third kappa shape index (κ3) is 1.69. The van der Waals surface area contributed by atoms with Crippen LogP contribution in [0.2, 0.25) is 0 Å². The predicted molar refractivity (Wildman–Crippen MR) is 58.6 cm³/mol. The maximum atomic E-state index is 5.72. The highest BCUT2D eigenvalue weighted by molar-refractivity contribution is 7.18. The van der Waals surface area contributed by atoms with E-state index in [9.17, 15) is 0 Å². The molecule has 0 fully saturated rings. The zero-order valence-electron chi connectivity index (χ0n) is 7.38. The topological polar surface area (TPSA) is 12.9 Å². The average molecular weight is 212 g/mol. The number of alkyl halides is 1. The molecule has 0 amide bonds. The lowest BCUT2D eigenvalue weighted by atomic mass is 10.2. The lowest BCUT2D eigenvalue weighted by Gasteiger charge is -1.93. The van der Waals surface area contributed by atoms with Gasteiger partial charge < -0.3 is 0 Å². The maximum absolute atomic E-state index is 5.72. The molecule has 0 spiro atoms. The summed E-state index contributed by atoms with van der Waals surface area (Å²) in [5.41, 5.74) is 2.43. The van der Waals surface area contributed by atoms with Crippen molar-refractivity contribution in [1.29, 1.82) is 0 Å². The van der Waals surface area contributed by atoms with Crippen molar-refractivity contribution in [3.05, 3.63) is 28.8 Å². The van der Waals surface area contributed by atoms with Gasteiger partial charge in [0.1, 0.15) is 5.01 Å². The fourth-order valence-corrected chi connectivity index (χ4v) is 2.40. The Balaban J connectivity index is 2.57. The number of hydrogen-bond donors (Lipinski definition) is 0. The fraction of sp³-hybridized carbons (Fsp3) is 0.300. The second kappa shape index (κ2) is 3.64. The second-order valence-electron chi connectivity index (χ2n) is 2.90. The molecule has 3 heteroatoms. The van der Waals surface area contributed by atoms with Crippen molar-refractivity contribution in [3.8, 4) is 0 Å². The average Bonchev–Trinajstić information content (AvgIpc) is 2.58. The molecule has 0 bridgehead atoms. The van der Waals surface area contributed by atoms with E-state index in [-0.39, 0.29) is 0 Å². The molecule has 0 N–H and O–H groups in total. The van der Waals surface area contributed by atoms with Crippen molar-refractivity contribution in [1.82, 2.24) is 4.98 Å². The predicted octanol–water partition coefficient (Wildman–Crippen LogP) is 3.60. The van der Waals surface area contributed by atoms with Crippen LogP contribution in [0.5, 0.6) is 0 Å². The van der Waals surface area contributed by atoms with E-state index in [0.717, 1.165) is 16.9 Å². The van der Waals surface area contributed by atoms with E-state index in [0.29, 0.717) is 5.88 Å². The van der Waals surface area contributed by atoms with Gasteiger partial charge in [0.2, 0.25) is 0 Å². The molecule has 1 nitrogen and oxygen atoms in total. The van der Waals surface area contributed by atoms with Crippen LogP contribution in [-0.2, 0) is 12.3 Å². The highest BCUT2D eigenvalue weighted by Crippen LogP contribution is 2.24. The van der Waals surface area contributed by atoms with E-state index in [1.165, 1.54) is 10.3 Å². The third-order valence-electron chi connectivity index (χ3n) is 2.02. The van der Waals surface area contributed by atoms with Crippen LogP contribution in [0.3, 0.4) is 0 Å². The van der Waals surface area contributed by atoms with Crippen LogP contribution in [-0.4, -0.2) is 4.98 Å². The zero-order valence-corrected chi connectivity index (χ0v) is 8.95. The van der Waals surface area contributed by atoms with E-state index >= 15 is 0 Å². The van der Waals surface area contributed by atoms with Crippen LogP contribution in [0.15, 0.2) is 18.2 Å². The minimum atomic E-state index is 0.515. The maximum Gasteiger partial charge on any atom is 0.109 e. The van der Waals surface area contributed by atoms with Crippen molar-refractivity contribution in [2.75, 3.05) is 0 Å². The summed E-state index contributed by atoms with van der Waals surface area (Å²) in [6, 6.07) is 6.39. The number of fused-ring (bicyclic) bond motifs is 1. The van der Waals surface area contributed by atoms with Gasteiger partial charge >= 0.3 is 0 Å². The molecule has 0 aliphatic heterocycles. The number of benzene rings is 1. The van der Waals surface area contributed by atoms with Crippen molar-refractivity contribution in [2.24, 2.45) is 0 Å². The summed E-state index contributed by atoms with van der Waals surface area (Å²) in [6.07, 6.45) is 1.07. The Morgan fingerprint density at radius 1 is 1.46 bits per heavy atom. The highest BCUT2D eigenvalue weighted by Gasteiger charge is 2.02. The lowest BCUT2D eigenvalue weighted by Crippen LogP contribution is -1.77. The molecule has 1 heterocycles. The first-order valence-corrected chi connectivity index (χ1v) is 5.63. The van der Waals surface area contributed by atoms with Gasteiger partial charge in [-0.2, -0.15) is 0 Å². The molecule has 13 heavy (non-hydrogen) atoms. The first-order chi connectivity index (χ1) is 6.33. The minimum Gasteiger partial charge on any atom is -0.240 e. The first kappa shape index (κ1) is 8.97. The Morgan fingerprint density at radius 2 is 2.31 bits per heavy atom. The van der Waals surface area contributed by atoms with Gasteiger partial charge in [-0.15, -0.1) is 22.9 Å². The smallest absolute Gasteiger partial charge is 0.109 e. The molecule has 1 aromatic carbocycles. The summed E-state index contributed by atoms with van der Waals surface area (Å²) in [5.74, 6) is 0.515. The van der Waals surface area contributed by atoms with Gasteiger partial charge in [-0.3, -0.25) is 0 Å². The van der Waals surface area contributed by atoms with Gasteiger partial charge in [0.15, 0.2) is 0 Å². The van der Waals surface area contributed by atoms with Crippen molar-refractivity contribution in [2.45, 2.75) is 19.2 Å². The Bertz CT molecular complexity index is 420. The summed E-state index contributed by atoms with van der Waals surface area (Å²) in [7, 11) is 0. The second-order valence-corrected chi connectivity index (χ2v) is 4.28. The monoisotopic (exact) mass is 211 g/mol. The number of thiazole rings is 1. The summed E-state index contributed by atoms with van der Waals surface area (Å²) < 4.78 is 1.25. The SMILES string of the molecule is CCc1ccc2nc(CCl)sc2c1. The van der Waals surface area contributed by atoms with E-state index < -0.39 is 0 Å². The number of rotatable bonds is 2. The number of nitrogens with zero attached hydrogens (tertiary/aromatic N) is 1. The zero-order chi connectivity index (χ0) is 9.26. The fourth-order valence-electron chi connectivity index (χ4n) is 1.29. The molecule has 2 aromatic rings. The van der Waals surface area contributed by atoms with Gasteiger partial charge in [-0.25, -0.2) is 4.98 Å². The van der Waals surface area contributed by atoms with Crippen molar-refractivity contribution >= 4 is 33.2 Å². The summed E-state index contributed by atoms with van der Waals surface area (Å²) in [6.45, 7) is 2.16. The summed E-state index contributed by atoms with van der Waals surface area (Å²) >= 11 is 7.40. The molecule has 0 saturated heterocycles. The lowest BCUT2D eigenvalue weighted by molar-refractivity contribution is 1.15. The normalized spacial score (nSPS) is 10.9. The number of hydrogen-bond acceptors (Lipinski definition) is 2. The van der Waals surface area contributed by atoms with Crippen LogP contribution in [0, 0.1) is 0 Å². The Labute approximate surface area is 86.4 Å². The molecule has 0 saturated carbocycles. The third-order valence-corrected chi connectivity index (χ3v) is 3.45. The number of aromatic nitrogens is 1. The van der Waals surface area contributed by atoms with Crippen LogP contribution in [0.4, 0.5) is 0 Å². The minimum absolute atomic E-state index is 0.515. The summed E-state index contributed by atoms with van der Waals surface area (Å²) in [4.78, 5) is 4.39. The van der Waals surface area contributed by atoms with Crippen molar-refractivity contribution in [3.63, 3.8) is 0 Å². The molecule has 0 aliphatic rings. The van der Waals surface area contributed by atoms with Gasteiger partial charge in [0.05, 0.1) is 16.1 Å². The standard InChI is InChI=1S/C10H10ClNS/c1-2-7-3-4-8-9(5-7)13-10(6-11)12-8/h3-5H,2,6H2,1H3. The van der Waals surface area contributed by atoms with Gasteiger partial charge in [0.25, 0.3) is 0 Å². The molecule has 0 aliphatic carbocycles. The van der Waals surface area contributed by atoms with Gasteiger partial charge in [0, 0.05) is 0 Å². The molecule has 0 unspecified atom stereocenters. The highest BCUT2D eigenvalue weighted by atomic mass is 35.5. The molecule has 68 valence electrons. The Kier molecular flexibility index (Phi) is 2.51. The molecular weight excluding hydrogens is 202 g/mol. The van der Waals surface area contributed by atoms with Gasteiger partial charge in [-0.1, -0.05) is 13.0 Å². The van der Waals surface area contributed by atoms with E-state index in [1.54, 1.807) is 11.3 Å². The van der Waals surface area contributed by atoms with E-state index in [4.69, 9.17) is 11.6 Å². The van der Waals surface area contributed by atoms with Crippen LogP contribution >= 0.6 is 22.9 Å². The Hall–Kier alpha value is -0.600. The molecule has 0 radical (unpaired) electrons. The number of halogens is 1. The largest absolute Gasteiger partial charge is 0.240 e. The number of aryl methyl sites for hydroxylation is 1. The Morgan fingerprint density at radius 3 is 3.00 bits per heavy atom. The van der Waals surface area contributed by atoms with Crippen LogP contribution in [0.1, 0.15) is 17.5 Å². The van der Waals surface area contributed by atoms with Gasteiger partial charge in [-0.05, 0) is 24.1 Å². The van der Waals surface area contributed by atoms with Crippen LogP contribution in [0.25, 0.3) is 10.2 Å². The molecule has 1 aromatic heterocycles. The first-order valence-electron chi connectivity index (χ1n) is 4.27. The van der Waals surface area contributed by atoms with E-state index in [2.05, 4.69) is 30.1 Å². The quantitative estimate of drug-likeness (QED) is 0.692. The molecule has 2 rings (SSSR count). The van der Waals surface area contributed by atoms with Crippen LogP contribution < -0.4 is 0 Å². The molecule has 0 atom stereocenters. The van der Waals surface area contributed by atoms with E-state index in [1.807, 2.05) is 0 Å². The molecular formula is C10H10ClNS.